The van der Waals surface area contributed by atoms with E-state index in [1.807, 2.05) is 0 Å². The Bertz CT molecular complexity index is 200. The Labute approximate surface area is 87.0 Å². The molecule has 0 aromatic rings. The van der Waals surface area contributed by atoms with E-state index < -0.39 is 43.5 Å². The van der Waals surface area contributed by atoms with Gasteiger partial charge in [0.05, 0.1) is 19.3 Å². The van der Waals surface area contributed by atoms with Crippen LogP contribution in [0, 0.1) is 0 Å². The van der Waals surface area contributed by atoms with Gasteiger partial charge in [0.1, 0.15) is 18.3 Å². The first-order valence-corrected chi connectivity index (χ1v) is 4.47. The third kappa shape index (κ3) is 4.54. The molecule has 4 atom stereocenters. The topological polar surface area (TPSA) is 130 Å². The third-order valence-corrected chi connectivity index (χ3v) is 1.93. The van der Waals surface area contributed by atoms with Crippen LogP contribution in [0.4, 0.5) is 0 Å². The van der Waals surface area contributed by atoms with Crippen LogP contribution >= 0.6 is 0 Å². The lowest BCUT2D eigenvalue weighted by atomic mass is 10.0. The Morgan fingerprint density at radius 2 is 1.67 bits per heavy atom. The fourth-order valence-corrected chi connectivity index (χ4v) is 1.07. The fraction of sp³-hybridized carbons (Fsp3) is 0.875. The van der Waals surface area contributed by atoms with Gasteiger partial charge in [0, 0.05) is 6.92 Å². The van der Waals surface area contributed by atoms with E-state index >= 15 is 0 Å². The maximum absolute atomic E-state index is 10.7. The summed E-state index contributed by atoms with van der Waals surface area (Å²) in [6.07, 6.45) is -4.72. The van der Waals surface area contributed by atoms with Crippen molar-refractivity contribution in [3.8, 4) is 0 Å². The van der Waals surface area contributed by atoms with Crippen LogP contribution in [0.3, 0.4) is 0 Å². The molecule has 0 aromatic carbocycles. The molecule has 0 heterocycles. The second kappa shape index (κ2) is 6.70. The van der Waals surface area contributed by atoms with Crippen molar-refractivity contribution in [2.45, 2.75) is 31.3 Å². The quantitative estimate of drug-likeness (QED) is 0.278. The van der Waals surface area contributed by atoms with Crippen LogP contribution in [0.15, 0.2) is 0 Å². The number of nitrogens with one attached hydrogen (secondary N) is 1. The van der Waals surface area contributed by atoms with Crippen molar-refractivity contribution in [1.29, 1.82) is 0 Å². The number of carbonyl (C=O) groups is 1. The first-order chi connectivity index (χ1) is 6.93. The second-order valence-corrected chi connectivity index (χ2v) is 3.22. The van der Waals surface area contributed by atoms with Crippen LogP contribution < -0.4 is 5.32 Å². The van der Waals surface area contributed by atoms with E-state index in [0.717, 1.165) is 0 Å². The largest absolute Gasteiger partial charge is 0.394 e. The van der Waals surface area contributed by atoms with E-state index in [9.17, 15) is 15.0 Å². The number of aliphatic hydroxyl groups excluding tert-OH is 5. The molecule has 7 nitrogen and oxygen atoms in total. The first-order valence-electron chi connectivity index (χ1n) is 4.47. The minimum Gasteiger partial charge on any atom is -0.394 e. The molecule has 0 aliphatic carbocycles. The van der Waals surface area contributed by atoms with Crippen LogP contribution in [0.2, 0.25) is 0 Å². The van der Waals surface area contributed by atoms with Gasteiger partial charge < -0.3 is 30.8 Å². The number of aliphatic hydroxyl groups is 5. The van der Waals surface area contributed by atoms with E-state index in [1.165, 1.54) is 6.92 Å². The Morgan fingerprint density at radius 1 is 1.13 bits per heavy atom. The van der Waals surface area contributed by atoms with Crippen molar-refractivity contribution >= 4 is 5.91 Å². The van der Waals surface area contributed by atoms with Gasteiger partial charge in [0.15, 0.2) is 0 Å². The molecule has 0 saturated carbocycles. The number of amides is 1. The van der Waals surface area contributed by atoms with Crippen molar-refractivity contribution in [2.24, 2.45) is 0 Å². The average Bonchev–Trinajstić information content (AvgIpc) is 2.22. The Kier molecular flexibility index (Phi) is 6.37. The molecule has 0 spiro atoms. The lowest BCUT2D eigenvalue weighted by Crippen LogP contribution is -2.53. The van der Waals surface area contributed by atoms with Gasteiger partial charge in [-0.05, 0) is 0 Å². The summed E-state index contributed by atoms with van der Waals surface area (Å²) in [4.78, 5) is 10.7. The zero-order chi connectivity index (χ0) is 12.0. The monoisotopic (exact) mass is 223 g/mol. The third-order valence-electron chi connectivity index (χ3n) is 1.93. The standard InChI is InChI=1S/C8H17NO6/c1-4(12)9-5(2-10)7(14)8(15)6(13)3-11/h5-8,10-11,13-15H,2-3H2,1H3,(H,9,12)/t5?,6-,7-,8-/m1/s1. The smallest absolute Gasteiger partial charge is 0.217 e. The molecular formula is C8H17NO6. The fourth-order valence-electron chi connectivity index (χ4n) is 1.07. The lowest BCUT2D eigenvalue weighted by molar-refractivity contribution is -0.124. The highest BCUT2D eigenvalue weighted by Crippen LogP contribution is 2.04. The Balaban J connectivity index is 4.35. The van der Waals surface area contributed by atoms with Gasteiger partial charge in [-0.1, -0.05) is 0 Å². The highest BCUT2D eigenvalue weighted by atomic mass is 16.4. The molecule has 0 saturated heterocycles. The van der Waals surface area contributed by atoms with E-state index in [-0.39, 0.29) is 0 Å². The molecule has 15 heavy (non-hydrogen) atoms. The highest BCUT2D eigenvalue weighted by Gasteiger charge is 2.31. The summed E-state index contributed by atoms with van der Waals surface area (Å²) < 4.78 is 0. The SMILES string of the molecule is CC(=O)NC(CO)[C@@H](O)[C@H](O)[C@H](O)CO. The molecule has 0 aromatic heterocycles. The van der Waals surface area contributed by atoms with E-state index in [2.05, 4.69) is 5.32 Å². The summed E-state index contributed by atoms with van der Waals surface area (Å²) in [5, 5.41) is 47.3. The summed E-state index contributed by atoms with van der Waals surface area (Å²) in [5.74, 6) is -0.487. The first kappa shape index (κ1) is 14.3. The van der Waals surface area contributed by atoms with Gasteiger partial charge in [-0.3, -0.25) is 4.79 Å². The van der Waals surface area contributed by atoms with Gasteiger partial charge in [-0.15, -0.1) is 0 Å². The molecule has 0 aliphatic heterocycles. The number of hydrogen-bond acceptors (Lipinski definition) is 6. The Hall–Kier alpha value is -0.730. The molecule has 90 valence electrons. The second-order valence-electron chi connectivity index (χ2n) is 3.22. The van der Waals surface area contributed by atoms with E-state index in [1.54, 1.807) is 0 Å². The average molecular weight is 223 g/mol. The maximum Gasteiger partial charge on any atom is 0.217 e. The molecule has 0 bridgehead atoms. The summed E-state index contributed by atoms with van der Waals surface area (Å²) in [7, 11) is 0. The molecule has 0 aliphatic rings. The summed E-state index contributed by atoms with van der Waals surface area (Å²) in [5.41, 5.74) is 0. The highest BCUT2D eigenvalue weighted by molar-refractivity contribution is 5.73. The summed E-state index contributed by atoms with van der Waals surface area (Å²) in [6, 6.07) is -1.08. The zero-order valence-corrected chi connectivity index (χ0v) is 8.37. The maximum atomic E-state index is 10.7. The van der Waals surface area contributed by atoms with Gasteiger partial charge in [0.2, 0.25) is 5.91 Å². The number of rotatable bonds is 6. The van der Waals surface area contributed by atoms with E-state index in [0.29, 0.717) is 0 Å². The molecule has 1 amide bonds. The van der Waals surface area contributed by atoms with Crippen molar-refractivity contribution in [1.82, 2.24) is 5.32 Å². The Morgan fingerprint density at radius 3 is 2.00 bits per heavy atom. The lowest BCUT2D eigenvalue weighted by Gasteiger charge is -2.27. The van der Waals surface area contributed by atoms with Gasteiger partial charge in [-0.2, -0.15) is 0 Å². The molecule has 1 unspecified atom stereocenters. The van der Waals surface area contributed by atoms with Crippen LogP contribution in [-0.4, -0.2) is 69.0 Å². The van der Waals surface area contributed by atoms with Crippen LogP contribution in [0.5, 0.6) is 0 Å². The number of carbonyl (C=O) groups excluding carboxylic acids is 1. The molecule has 0 radical (unpaired) electrons. The van der Waals surface area contributed by atoms with Gasteiger partial charge >= 0.3 is 0 Å². The van der Waals surface area contributed by atoms with Crippen molar-refractivity contribution in [3.05, 3.63) is 0 Å². The van der Waals surface area contributed by atoms with Crippen LogP contribution in [-0.2, 0) is 4.79 Å². The van der Waals surface area contributed by atoms with Crippen molar-refractivity contribution in [2.75, 3.05) is 13.2 Å². The number of hydrogen-bond donors (Lipinski definition) is 6. The van der Waals surface area contributed by atoms with Crippen LogP contribution in [0.25, 0.3) is 0 Å². The minimum atomic E-state index is -1.64. The minimum absolute atomic E-state index is 0.487. The molecule has 7 heteroatoms. The summed E-state index contributed by atoms with van der Waals surface area (Å²) >= 11 is 0. The predicted molar refractivity (Wildman–Crippen MR) is 49.8 cm³/mol. The van der Waals surface area contributed by atoms with Gasteiger partial charge in [0.25, 0.3) is 0 Å². The van der Waals surface area contributed by atoms with E-state index in [4.69, 9.17) is 15.3 Å². The van der Waals surface area contributed by atoms with Gasteiger partial charge in [-0.25, -0.2) is 0 Å². The van der Waals surface area contributed by atoms with Crippen molar-refractivity contribution < 1.29 is 30.3 Å². The summed E-state index contributed by atoms with van der Waals surface area (Å²) in [6.45, 7) is -0.128. The molecule has 0 rings (SSSR count). The zero-order valence-electron chi connectivity index (χ0n) is 8.37. The molecule has 0 fully saturated rings. The van der Waals surface area contributed by atoms with Crippen molar-refractivity contribution in [3.63, 3.8) is 0 Å². The van der Waals surface area contributed by atoms with Crippen LogP contribution in [0.1, 0.15) is 6.92 Å². The predicted octanol–water partition coefficient (Wildman–Crippen LogP) is -3.44. The normalized spacial score (nSPS) is 19.1. The molecule has 6 N–H and O–H groups in total. The molecular weight excluding hydrogens is 206 g/mol.